The molecule has 5 heteroatoms. The molecule has 0 unspecified atom stereocenters. The summed E-state index contributed by atoms with van der Waals surface area (Å²) in [5, 5.41) is 2.79. The van der Waals surface area contributed by atoms with Crippen LogP contribution in [0.4, 0.5) is 5.69 Å². The van der Waals surface area contributed by atoms with Crippen LogP contribution < -0.4 is 10.1 Å². The summed E-state index contributed by atoms with van der Waals surface area (Å²) in [4.78, 5) is 26.8. The van der Waals surface area contributed by atoms with Crippen molar-refractivity contribution in [3.63, 3.8) is 0 Å². The Labute approximate surface area is 194 Å². The van der Waals surface area contributed by atoms with Gasteiger partial charge in [0, 0.05) is 24.6 Å². The Morgan fingerprint density at radius 3 is 2.48 bits per heavy atom. The number of ether oxygens (including phenoxy) is 1. The van der Waals surface area contributed by atoms with Crippen LogP contribution in [0.1, 0.15) is 45.8 Å². The Bertz CT molecular complexity index is 1170. The Hall–Kier alpha value is -3.60. The number of fused-ring (bicyclic) bond motifs is 1. The van der Waals surface area contributed by atoms with Gasteiger partial charge < -0.3 is 15.0 Å². The van der Waals surface area contributed by atoms with Crippen molar-refractivity contribution in [1.82, 2.24) is 4.90 Å². The van der Waals surface area contributed by atoms with Gasteiger partial charge in [-0.05, 0) is 55.0 Å². The number of aryl methyl sites for hydroxylation is 1. The minimum absolute atomic E-state index is 0.00268. The van der Waals surface area contributed by atoms with Crippen LogP contribution in [0.25, 0.3) is 0 Å². The molecule has 3 aromatic rings. The number of carbonyl (C=O) groups is 2. The third-order valence-electron chi connectivity index (χ3n) is 6.72. The number of likely N-dealkylation sites (tertiary alicyclic amines) is 1. The Balaban J connectivity index is 1.32. The van der Waals surface area contributed by atoms with Crippen LogP contribution in [0.5, 0.6) is 5.75 Å². The first kappa shape index (κ1) is 21.3. The molecule has 2 aliphatic heterocycles. The van der Waals surface area contributed by atoms with Crippen LogP contribution >= 0.6 is 0 Å². The summed E-state index contributed by atoms with van der Waals surface area (Å²) in [6.07, 6.45) is 1.90. The van der Waals surface area contributed by atoms with E-state index in [9.17, 15) is 9.59 Å². The van der Waals surface area contributed by atoms with Crippen molar-refractivity contribution in [2.45, 2.75) is 25.7 Å². The van der Waals surface area contributed by atoms with E-state index in [1.54, 1.807) is 18.2 Å². The van der Waals surface area contributed by atoms with Gasteiger partial charge in [0.05, 0.1) is 5.69 Å². The summed E-state index contributed by atoms with van der Waals surface area (Å²) in [7, 11) is 0. The summed E-state index contributed by atoms with van der Waals surface area (Å²) in [5.74, 6) is 1.20. The molecule has 0 spiro atoms. The Kier molecular flexibility index (Phi) is 5.86. The number of hydrogen-bond acceptors (Lipinski definition) is 3. The summed E-state index contributed by atoms with van der Waals surface area (Å²) in [6, 6.07) is 24.8. The van der Waals surface area contributed by atoms with E-state index < -0.39 is 0 Å². The fourth-order valence-electron chi connectivity index (χ4n) is 5.10. The van der Waals surface area contributed by atoms with E-state index in [1.165, 1.54) is 16.7 Å². The fourth-order valence-corrected chi connectivity index (χ4v) is 5.10. The third-order valence-corrected chi connectivity index (χ3v) is 6.72. The van der Waals surface area contributed by atoms with Gasteiger partial charge in [0.2, 0.25) is 0 Å². The van der Waals surface area contributed by atoms with Gasteiger partial charge in [-0.15, -0.1) is 0 Å². The first-order chi connectivity index (χ1) is 16.1. The lowest BCUT2D eigenvalue weighted by molar-refractivity contribution is -0.118. The molecule has 1 fully saturated rings. The van der Waals surface area contributed by atoms with Gasteiger partial charge in [-0.25, -0.2) is 0 Å². The Morgan fingerprint density at radius 2 is 1.73 bits per heavy atom. The molecule has 2 aliphatic rings. The zero-order chi connectivity index (χ0) is 22.8. The van der Waals surface area contributed by atoms with E-state index in [4.69, 9.17) is 4.74 Å². The Morgan fingerprint density at radius 1 is 0.970 bits per heavy atom. The molecule has 5 nitrogen and oxygen atoms in total. The zero-order valence-electron chi connectivity index (χ0n) is 18.8. The molecule has 168 valence electrons. The number of anilines is 1. The zero-order valence-corrected chi connectivity index (χ0v) is 18.8. The van der Waals surface area contributed by atoms with Crippen LogP contribution in [-0.4, -0.2) is 36.4 Å². The lowest BCUT2D eigenvalue weighted by Crippen LogP contribution is -2.40. The van der Waals surface area contributed by atoms with E-state index in [2.05, 4.69) is 66.8 Å². The van der Waals surface area contributed by atoms with Gasteiger partial charge in [-0.3, -0.25) is 9.59 Å². The molecule has 2 heterocycles. The number of amides is 2. The van der Waals surface area contributed by atoms with Crippen molar-refractivity contribution in [2.24, 2.45) is 5.92 Å². The van der Waals surface area contributed by atoms with E-state index >= 15 is 0 Å². The molecule has 2 amide bonds. The van der Waals surface area contributed by atoms with Crippen LogP contribution in [-0.2, 0) is 4.79 Å². The smallest absolute Gasteiger partial charge is 0.262 e. The first-order valence-corrected chi connectivity index (χ1v) is 11.6. The van der Waals surface area contributed by atoms with Crippen LogP contribution in [0.3, 0.4) is 0 Å². The fraction of sp³-hybridized carbons (Fsp3) is 0.286. The van der Waals surface area contributed by atoms with Gasteiger partial charge in [0.25, 0.3) is 11.8 Å². The predicted molar refractivity (Wildman–Crippen MR) is 129 cm³/mol. The lowest BCUT2D eigenvalue weighted by atomic mass is 9.76. The van der Waals surface area contributed by atoms with Gasteiger partial charge >= 0.3 is 0 Å². The molecule has 0 radical (unpaired) electrons. The second-order valence-corrected chi connectivity index (χ2v) is 8.98. The molecule has 0 saturated carbocycles. The number of benzene rings is 3. The summed E-state index contributed by atoms with van der Waals surface area (Å²) < 4.78 is 5.41. The topological polar surface area (TPSA) is 58.6 Å². The van der Waals surface area contributed by atoms with Crippen molar-refractivity contribution in [1.29, 1.82) is 0 Å². The standard InChI is InChI=1S/C28H28N2O3/c1-19-6-5-9-22(16-19)27(20-7-3-2-4-8-20)21-12-14-30(15-13-21)28(32)23-10-11-25-24(17-23)29-26(31)18-33-25/h2-11,16-17,21,27H,12-15,18H2,1H3,(H,29,31)/t27-/m1/s1. The molecular weight excluding hydrogens is 412 g/mol. The van der Waals surface area contributed by atoms with E-state index in [0.717, 1.165) is 25.9 Å². The average Bonchev–Trinajstić information content (AvgIpc) is 2.84. The number of hydrogen-bond donors (Lipinski definition) is 1. The molecular formula is C28H28N2O3. The highest BCUT2D eigenvalue weighted by molar-refractivity contribution is 5.99. The SMILES string of the molecule is Cc1cccc([C@H](c2ccccc2)C2CCN(C(=O)c3ccc4c(c3)NC(=O)CO4)CC2)c1. The van der Waals surface area contributed by atoms with E-state index in [1.807, 2.05) is 4.90 Å². The minimum Gasteiger partial charge on any atom is -0.482 e. The molecule has 0 aromatic heterocycles. The van der Waals surface area contributed by atoms with Gasteiger partial charge in [0.1, 0.15) is 5.75 Å². The van der Waals surface area contributed by atoms with Gasteiger partial charge in [-0.1, -0.05) is 60.2 Å². The number of nitrogens with zero attached hydrogens (tertiary/aromatic N) is 1. The second-order valence-electron chi connectivity index (χ2n) is 8.98. The number of rotatable bonds is 4. The van der Waals surface area contributed by atoms with Crippen LogP contribution in [0.15, 0.2) is 72.8 Å². The van der Waals surface area contributed by atoms with Gasteiger partial charge in [0.15, 0.2) is 6.61 Å². The highest BCUT2D eigenvalue weighted by atomic mass is 16.5. The van der Waals surface area contributed by atoms with Crippen molar-refractivity contribution >= 4 is 17.5 Å². The average molecular weight is 441 g/mol. The van der Waals surface area contributed by atoms with Crippen molar-refractivity contribution in [3.8, 4) is 5.75 Å². The minimum atomic E-state index is -0.198. The molecule has 1 atom stereocenters. The highest BCUT2D eigenvalue weighted by Gasteiger charge is 2.31. The molecule has 0 aliphatic carbocycles. The molecule has 3 aromatic carbocycles. The number of nitrogens with one attached hydrogen (secondary N) is 1. The highest BCUT2D eigenvalue weighted by Crippen LogP contribution is 2.38. The molecule has 1 saturated heterocycles. The molecule has 5 rings (SSSR count). The largest absolute Gasteiger partial charge is 0.482 e. The van der Waals surface area contributed by atoms with Crippen molar-refractivity contribution in [2.75, 3.05) is 25.0 Å². The maximum absolute atomic E-state index is 13.2. The van der Waals surface area contributed by atoms with Crippen LogP contribution in [0, 0.1) is 12.8 Å². The van der Waals surface area contributed by atoms with Crippen molar-refractivity contribution < 1.29 is 14.3 Å². The number of piperidine rings is 1. The summed E-state index contributed by atoms with van der Waals surface area (Å²) in [6.45, 7) is 3.59. The normalized spacial score (nSPS) is 17.0. The molecule has 33 heavy (non-hydrogen) atoms. The van der Waals surface area contributed by atoms with Gasteiger partial charge in [-0.2, -0.15) is 0 Å². The monoisotopic (exact) mass is 440 g/mol. The maximum atomic E-state index is 13.2. The summed E-state index contributed by atoms with van der Waals surface area (Å²) in [5.41, 5.74) is 5.09. The molecule has 1 N–H and O–H groups in total. The lowest BCUT2D eigenvalue weighted by Gasteiger charge is -2.37. The molecule has 0 bridgehead atoms. The third kappa shape index (κ3) is 4.49. The van der Waals surface area contributed by atoms with E-state index in [-0.39, 0.29) is 18.4 Å². The van der Waals surface area contributed by atoms with Crippen LogP contribution in [0.2, 0.25) is 0 Å². The number of carbonyl (C=O) groups excluding carboxylic acids is 2. The predicted octanol–water partition coefficient (Wildman–Crippen LogP) is 5.01. The van der Waals surface area contributed by atoms with E-state index in [0.29, 0.717) is 28.8 Å². The first-order valence-electron chi connectivity index (χ1n) is 11.6. The second kappa shape index (κ2) is 9.10. The quantitative estimate of drug-likeness (QED) is 0.620. The summed E-state index contributed by atoms with van der Waals surface area (Å²) >= 11 is 0. The van der Waals surface area contributed by atoms with Crippen molar-refractivity contribution in [3.05, 3.63) is 95.1 Å². The maximum Gasteiger partial charge on any atom is 0.262 e.